The van der Waals surface area contributed by atoms with Crippen LogP contribution in [0.5, 0.6) is 0 Å². The van der Waals surface area contributed by atoms with Crippen LogP contribution in [-0.4, -0.2) is 71.9 Å². The van der Waals surface area contributed by atoms with E-state index in [1.54, 1.807) is 0 Å². The van der Waals surface area contributed by atoms with Gasteiger partial charge in [0.15, 0.2) is 6.29 Å². The summed E-state index contributed by atoms with van der Waals surface area (Å²) in [7, 11) is 0. The summed E-state index contributed by atoms with van der Waals surface area (Å²) >= 11 is 4.40. The Bertz CT molecular complexity index is 682. The molecule has 0 aromatic heterocycles. The Morgan fingerprint density at radius 2 is 1.43 bits per heavy atom. The van der Waals surface area contributed by atoms with Crippen LogP contribution in [0.25, 0.3) is 0 Å². The molecule has 0 heterocycles. The van der Waals surface area contributed by atoms with Gasteiger partial charge in [0.25, 0.3) is 0 Å². The van der Waals surface area contributed by atoms with Gasteiger partial charge in [-0.3, -0.25) is 14.4 Å². The average molecular weight is 549 g/mol. The van der Waals surface area contributed by atoms with Gasteiger partial charge in [0.05, 0.1) is 18.3 Å². The lowest BCUT2D eigenvalue weighted by Crippen LogP contribution is -2.38. The Hall–Kier alpha value is -1.36. The Morgan fingerprint density at radius 1 is 0.865 bits per heavy atom. The molecule has 37 heavy (non-hydrogen) atoms. The zero-order valence-corrected chi connectivity index (χ0v) is 25.2. The second-order valence-electron chi connectivity index (χ2n) is 12.3. The first-order valence-electron chi connectivity index (χ1n) is 13.3. The van der Waals surface area contributed by atoms with Crippen molar-refractivity contribution in [2.75, 3.05) is 26.3 Å². The molecule has 0 radical (unpaired) electrons. The van der Waals surface area contributed by atoms with Gasteiger partial charge in [-0.05, 0) is 51.9 Å². The molecule has 0 saturated carbocycles. The predicted octanol–water partition coefficient (Wildman–Crippen LogP) is 3.77. The van der Waals surface area contributed by atoms with Crippen LogP contribution in [-0.2, 0) is 28.6 Å². The van der Waals surface area contributed by atoms with Crippen LogP contribution < -0.4 is 10.6 Å². The van der Waals surface area contributed by atoms with Crippen LogP contribution >= 0.6 is 12.6 Å². The molecule has 218 valence electrons. The molecule has 0 rings (SSSR count). The highest BCUT2D eigenvalue weighted by molar-refractivity contribution is 7.81. The maximum Gasteiger partial charge on any atom is 0.305 e. The van der Waals surface area contributed by atoms with Crippen molar-refractivity contribution in [3.8, 4) is 0 Å². The fourth-order valence-corrected chi connectivity index (χ4v) is 3.43. The first-order chi connectivity index (χ1) is 16.9. The van der Waals surface area contributed by atoms with Crippen molar-refractivity contribution in [1.82, 2.24) is 10.6 Å². The highest BCUT2D eigenvalue weighted by Gasteiger charge is 2.27. The minimum Gasteiger partial charge on any atom is -0.460 e. The summed E-state index contributed by atoms with van der Waals surface area (Å²) in [6.07, 6.45) is 1.77. The van der Waals surface area contributed by atoms with Crippen molar-refractivity contribution in [2.45, 2.75) is 123 Å². The molecule has 0 fully saturated rings. The van der Waals surface area contributed by atoms with Gasteiger partial charge >= 0.3 is 5.97 Å². The Kier molecular flexibility index (Phi) is 16.6. The summed E-state index contributed by atoms with van der Waals surface area (Å²) in [6, 6.07) is 0. The predicted molar refractivity (Wildman–Crippen MR) is 148 cm³/mol. The lowest BCUT2D eigenvalue weighted by molar-refractivity contribution is -0.241. The van der Waals surface area contributed by atoms with Crippen molar-refractivity contribution < 1.29 is 33.7 Å². The Labute approximate surface area is 229 Å². The van der Waals surface area contributed by atoms with Crippen molar-refractivity contribution in [3.63, 3.8) is 0 Å². The molecular formula is C27H52N2O7S. The summed E-state index contributed by atoms with van der Waals surface area (Å²) in [4.78, 5) is 36.0. The Morgan fingerprint density at radius 3 is 1.92 bits per heavy atom. The third kappa shape index (κ3) is 23.5. The fourth-order valence-electron chi connectivity index (χ4n) is 3.32. The normalized spacial score (nSPS) is 14.1. The molecule has 0 saturated heterocycles. The molecular weight excluding hydrogens is 496 g/mol. The lowest BCUT2D eigenvalue weighted by atomic mass is 9.89. The summed E-state index contributed by atoms with van der Waals surface area (Å²) in [6.45, 7) is 16.4. The molecule has 10 heteroatoms. The van der Waals surface area contributed by atoms with Crippen LogP contribution in [0.4, 0.5) is 0 Å². The van der Waals surface area contributed by atoms with E-state index in [-0.39, 0.29) is 48.0 Å². The SMILES string of the molecule is CC(C)(C)CC(CO)OC(COC(=O)CCCC(=O)NCCCNC(=O)CCC(C)(C)S)OC(C)(C)C. The number of aliphatic hydroxyl groups excluding tert-OH is 1. The quantitative estimate of drug-likeness (QED) is 0.0890. The van der Waals surface area contributed by atoms with E-state index in [2.05, 4.69) is 44.0 Å². The number of nitrogens with one attached hydrogen (secondary N) is 2. The summed E-state index contributed by atoms with van der Waals surface area (Å²) in [5.41, 5.74) is -0.572. The number of esters is 1. The number of hydrogen-bond donors (Lipinski definition) is 4. The number of thiol groups is 1. The highest BCUT2D eigenvalue weighted by atomic mass is 32.1. The van der Waals surface area contributed by atoms with E-state index in [1.165, 1.54) is 0 Å². The van der Waals surface area contributed by atoms with E-state index in [0.29, 0.717) is 45.2 Å². The second-order valence-corrected chi connectivity index (χ2v) is 13.5. The number of amides is 2. The molecule has 3 N–H and O–H groups in total. The summed E-state index contributed by atoms with van der Waals surface area (Å²) in [5.74, 6) is -0.614. The number of carbonyl (C=O) groups is 3. The third-order valence-electron chi connectivity index (χ3n) is 5.00. The molecule has 0 aliphatic heterocycles. The molecule has 0 aliphatic carbocycles. The fraction of sp³-hybridized carbons (Fsp3) is 0.889. The zero-order chi connectivity index (χ0) is 28.7. The summed E-state index contributed by atoms with van der Waals surface area (Å²) < 4.78 is 16.9. The number of hydrogen-bond acceptors (Lipinski definition) is 8. The van der Waals surface area contributed by atoms with E-state index in [9.17, 15) is 19.5 Å². The molecule has 2 amide bonds. The van der Waals surface area contributed by atoms with Crippen LogP contribution in [0, 0.1) is 5.41 Å². The minimum atomic E-state index is -0.809. The number of aliphatic hydroxyl groups is 1. The van der Waals surface area contributed by atoms with E-state index < -0.39 is 24.0 Å². The van der Waals surface area contributed by atoms with Gasteiger partial charge in [0.2, 0.25) is 11.8 Å². The maximum atomic E-state index is 12.2. The van der Waals surface area contributed by atoms with Gasteiger partial charge in [-0.25, -0.2) is 0 Å². The van der Waals surface area contributed by atoms with E-state index in [1.807, 2.05) is 34.6 Å². The van der Waals surface area contributed by atoms with Crippen molar-refractivity contribution >= 4 is 30.4 Å². The molecule has 0 bridgehead atoms. The smallest absolute Gasteiger partial charge is 0.305 e. The van der Waals surface area contributed by atoms with Crippen LogP contribution in [0.3, 0.4) is 0 Å². The van der Waals surface area contributed by atoms with Crippen LogP contribution in [0.1, 0.15) is 100 Å². The van der Waals surface area contributed by atoms with Crippen molar-refractivity contribution in [2.24, 2.45) is 5.41 Å². The topological polar surface area (TPSA) is 123 Å². The van der Waals surface area contributed by atoms with Crippen molar-refractivity contribution in [3.05, 3.63) is 0 Å². The molecule has 0 aliphatic rings. The van der Waals surface area contributed by atoms with E-state index in [0.717, 1.165) is 0 Å². The maximum absolute atomic E-state index is 12.2. The first-order valence-corrected chi connectivity index (χ1v) is 13.7. The highest BCUT2D eigenvalue weighted by Crippen LogP contribution is 2.24. The van der Waals surface area contributed by atoms with Gasteiger partial charge in [0, 0.05) is 37.1 Å². The van der Waals surface area contributed by atoms with Crippen LogP contribution in [0.15, 0.2) is 0 Å². The van der Waals surface area contributed by atoms with Gasteiger partial charge in [0.1, 0.15) is 6.61 Å². The van der Waals surface area contributed by atoms with E-state index >= 15 is 0 Å². The number of carbonyl (C=O) groups excluding carboxylic acids is 3. The standard InChI is InChI=1S/C27H52N2O7S/c1-25(2,3)17-20(18-30)35-24(36-26(4,5)6)19-34-23(33)12-9-11-21(31)28-15-10-16-29-22(32)13-14-27(7,8)37/h20,24,30,37H,9-19H2,1-8H3,(H,28,31)(H,29,32). The molecule has 0 spiro atoms. The molecule has 0 aromatic carbocycles. The van der Waals surface area contributed by atoms with E-state index in [4.69, 9.17) is 14.2 Å². The van der Waals surface area contributed by atoms with Gasteiger partial charge < -0.3 is 30.0 Å². The van der Waals surface area contributed by atoms with Crippen LogP contribution in [0.2, 0.25) is 0 Å². The number of ether oxygens (including phenoxy) is 3. The van der Waals surface area contributed by atoms with Gasteiger partial charge in [-0.2, -0.15) is 12.6 Å². The largest absolute Gasteiger partial charge is 0.460 e. The molecule has 9 nitrogen and oxygen atoms in total. The van der Waals surface area contributed by atoms with Gasteiger partial charge in [-0.15, -0.1) is 0 Å². The third-order valence-corrected chi connectivity index (χ3v) is 5.22. The molecule has 2 atom stereocenters. The number of rotatable bonds is 18. The molecule has 2 unspecified atom stereocenters. The summed E-state index contributed by atoms with van der Waals surface area (Å²) in [5, 5.41) is 15.3. The first kappa shape index (κ1) is 35.6. The van der Waals surface area contributed by atoms with Gasteiger partial charge in [-0.1, -0.05) is 34.6 Å². The molecule has 0 aromatic rings. The Balaban J connectivity index is 4.23. The minimum absolute atomic E-state index is 0.0198. The lowest BCUT2D eigenvalue weighted by Gasteiger charge is -2.32. The zero-order valence-electron chi connectivity index (χ0n) is 24.3. The average Bonchev–Trinajstić information content (AvgIpc) is 2.72. The monoisotopic (exact) mass is 548 g/mol. The van der Waals surface area contributed by atoms with Crippen molar-refractivity contribution in [1.29, 1.82) is 0 Å². The second kappa shape index (κ2) is 17.3.